The molecule has 13 rings (SSSR count). The Labute approximate surface area is 402 Å². The quantitative estimate of drug-likeness (QED) is 0.144. The summed E-state index contributed by atoms with van der Waals surface area (Å²) in [5.74, 6) is 0. The topological polar surface area (TPSA) is 16.4 Å². The number of nitrogens with zero attached hydrogens (tertiary/aromatic N) is 1. The van der Waals surface area contributed by atoms with Crippen molar-refractivity contribution < 1.29 is 4.42 Å². The zero-order chi connectivity index (χ0) is 45.7. The van der Waals surface area contributed by atoms with Crippen molar-refractivity contribution in [3.05, 3.63) is 295 Å². The van der Waals surface area contributed by atoms with Gasteiger partial charge < -0.3 is 9.32 Å². The highest BCUT2D eigenvalue weighted by Gasteiger charge is 2.46. The summed E-state index contributed by atoms with van der Waals surface area (Å²) in [7, 11) is 0. The molecule has 12 aromatic rings. The lowest BCUT2D eigenvalue weighted by atomic mass is 9.67. The van der Waals surface area contributed by atoms with Crippen LogP contribution in [0.4, 0.5) is 17.1 Å². The molecule has 0 saturated heterocycles. The van der Waals surface area contributed by atoms with Crippen molar-refractivity contribution in [1.82, 2.24) is 0 Å². The van der Waals surface area contributed by atoms with E-state index in [0.717, 1.165) is 66.8 Å². The Kier molecular flexibility index (Phi) is 9.77. The van der Waals surface area contributed by atoms with Gasteiger partial charge in [0.15, 0.2) is 0 Å². The van der Waals surface area contributed by atoms with Crippen molar-refractivity contribution in [3.63, 3.8) is 0 Å². The third kappa shape index (κ3) is 6.72. The maximum atomic E-state index is 6.70. The van der Waals surface area contributed by atoms with Crippen LogP contribution in [0.15, 0.2) is 277 Å². The largest absolute Gasteiger partial charge is 0.455 e. The number of furan rings is 1. The van der Waals surface area contributed by atoms with Crippen LogP contribution in [0, 0.1) is 0 Å². The number of hydrogen-bond acceptors (Lipinski definition) is 2. The van der Waals surface area contributed by atoms with Gasteiger partial charge >= 0.3 is 0 Å². The third-order valence-corrected chi connectivity index (χ3v) is 14.2. The molecule has 1 heterocycles. The van der Waals surface area contributed by atoms with Gasteiger partial charge in [-0.25, -0.2) is 0 Å². The highest BCUT2D eigenvalue weighted by Crippen LogP contribution is 2.57. The Morgan fingerprint density at radius 1 is 0.275 bits per heavy atom. The lowest BCUT2D eigenvalue weighted by Crippen LogP contribution is -2.28. The first kappa shape index (κ1) is 40.3. The summed E-state index contributed by atoms with van der Waals surface area (Å²) in [5.41, 5.74) is 21.3. The van der Waals surface area contributed by atoms with Crippen molar-refractivity contribution in [2.45, 2.75) is 5.41 Å². The van der Waals surface area contributed by atoms with Crippen LogP contribution in [0.1, 0.15) is 22.3 Å². The minimum Gasteiger partial charge on any atom is -0.455 e. The summed E-state index contributed by atoms with van der Waals surface area (Å²) in [4.78, 5) is 2.38. The molecule has 0 bridgehead atoms. The minimum absolute atomic E-state index is 0.469. The maximum Gasteiger partial charge on any atom is 0.143 e. The highest BCUT2D eigenvalue weighted by molar-refractivity contribution is 6.11. The van der Waals surface area contributed by atoms with Crippen LogP contribution < -0.4 is 4.90 Å². The van der Waals surface area contributed by atoms with Crippen molar-refractivity contribution >= 4 is 39.0 Å². The molecule has 0 N–H and O–H groups in total. The Morgan fingerprint density at radius 2 is 0.754 bits per heavy atom. The van der Waals surface area contributed by atoms with Gasteiger partial charge in [0.2, 0.25) is 0 Å². The Balaban J connectivity index is 0.967. The van der Waals surface area contributed by atoms with Gasteiger partial charge in [-0.1, -0.05) is 224 Å². The van der Waals surface area contributed by atoms with E-state index >= 15 is 0 Å². The first-order valence-corrected chi connectivity index (χ1v) is 23.7. The molecule has 0 spiro atoms. The molecule has 69 heavy (non-hydrogen) atoms. The van der Waals surface area contributed by atoms with E-state index in [9.17, 15) is 0 Å². The normalized spacial score (nSPS) is 12.5. The van der Waals surface area contributed by atoms with Crippen molar-refractivity contribution in [3.8, 4) is 55.6 Å². The van der Waals surface area contributed by atoms with E-state index in [2.05, 4.69) is 272 Å². The monoisotopic (exact) mass is 879 g/mol. The van der Waals surface area contributed by atoms with Gasteiger partial charge in [-0.2, -0.15) is 0 Å². The fourth-order valence-electron chi connectivity index (χ4n) is 11.0. The molecule has 0 saturated carbocycles. The summed E-state index contributed by atoms with van der Waals surface area (Å²) >= 11 is 0. The Bertz CT molecular complexity index is 3760. The van der Waals surface area contributed by atoms with Gasteiger partial charge in [-0.15, -0.1) is 0 Å². The van der Waals surface area contributed by atoms with E-state index in [1.54, 1.807) is 0 Å². The number of hydrogen-bond donors (Lipinski definition) is 0. The van der Waals surface area contributed by atoms with E-state index in [-0.39, 0.29) is 0 Å². The summed E-state index contributed by atoms with van der Waals surface area (Å²) in [5, 5.41) is 2.22. The molecule has 1 aromatic heterocycles. The molecule has 0 fully saturated rings. The second-order valence-electron chi connectivity index (χ2n) is 18.0. The third-order valence-electron chi connectivity index (χ3n) is 14.2. The van der Waals surface area contributed by atoms with Gasteiger partial charge in [-0.05, 0) is 121 Å². The smallest absolute Gasteiger partial charge is 0.143 e. The molecule has 0 radical (unpaired) electrons. The Morgan fingerprint density at radius 3 is 1.43 bits per heavy atom. The summed E-state index contributed by atoms with van der Waals surface area (Å²) < 4.78 is 6.70. The van der Waals surface area contributed by atoms with Gasteiger partial charge in [0.25, 0.3) is 0 Å². The first-order chi connectivity index (χ1) is 34.2. The van der Waals surface area contributed by atoms with Crippen LogP contribution in [-0.2, 0) is 5.41 Å². The number of para-hydroxylation sites is 2. The van der Waals surface area contributed by atoms with Crippen LogP contribution in [0.25, 0.3) is 77.6 Å². The SMILES string of the molecule is c1ccc(-c2ccc(N(c3ccc(-c4ccc5c(c4)C(c4ccccc4)(c4ccccc4)c4ccccc4-5)cc3)c3ccc(-c4ccccc4)c(-c4cccc5c4oc4ccccc45)c3)cc2)cc1. The lowest BCUT2D eigenvalue weighted by Gasteiger charge is -2.34. The van der Waals surface area contributed by atoms with E-state index in [4.69, 9.17) is 4.42 Å². The van der Waals surface area contributed by atoms with Crippen LogP contribution in [0.3, 0.4) is 0 Å². The molecule has 0 unspecified atom stereocenters. The number of benzene rings is 11. The van der Waals surface area contributed by atoms with Crippen LogP contribution in [-0.4, -0.2) is 0 Å². The molecule has 324 valence electrons. The zero-order valence-electron chi connectivity index (χ0n) is 37.8. The fourth-order valence-corrected chi connectivity index (χ4v) is 11.0. The summed E-state index contributed by atoms with van der Waals surface area (Å²) in [6, 6.07) is 99.1. The van der Waals surface area contributed by atoms with Gasteiger partial charge in [0.05, 0.1) is 5.41 Å². The number of fused-ring (bicyclic) bond motifs is 6. The molecule has 0 atom stereocenters. The average Bonchev–Trinajstić information content (AvgIpc) is 3.96. The van der Waals surface area contributed by atoms with Gasteiger partial charge in [-0.3, -0.25) is 0 Å². The van der Waals surface area contributed by atoms with Crippen molar-refractivity contribution in [2.24, 2.45) is 0 Å². The number of rotatable bonds is 9. The second kappa shape index (κ2) is 16.7. The summed E-state index contributed by atoms with van der Waals surface area (Å²) in [6.07, 6.45) is 0. The van der Waals surface area contributed by atoms with Crippen LogP contribution in [0.2, 0.25) is 0 Å². The second-order valence-corrected chi connectivity index (χ2v) is 18.0. The molecule has 2 heteroatoms. The highest BCUT2D eigenvalue weighted by atomic mass is 16.3. The van der Waals surface area contributed by atoms with E-state index in [1.807, 2.05) is 6.07 Å². The summed E-state index contributed by atoms with van der Waals surface area (Å²) in [6.45, 7) is 0. The first-order valence-electron chi connectivity index (χ1n) is 23.7. The molecule has 1 aliphatic carbocycles. The van der Waals surface area contributed by atoms with Gasteiger partial charge in [0.1, 0.15) is 11.2 Å². The maximum absolute atomic E-state index is 6.70. The van der Waals surface area contributed by atoms with Crippen molar-refractivity contribution in [2.75, 3.05) is 4.90 Å². The Hall–Kier alpha value is -8.98. The van der Waals surface area contributed by atoms with Gasteiger partial charge in [0, 0.05) is 33.4 Å². The average molecular weight is 880 g/mol. The minimum atomic E-state index is -0.469. The van der Waals surface area contributed by atoms with E-state index in [1.165, 1.54) is 50.1 Å². The van der Waals surface area contributed by atoms with Crippen molar-refractivity contribution in [1.29, 1.82) is 0 Å². The van der Waals surface area contributed by atoms with Crippen LogP contribution in [0.5, 0.6) is 0 Å². The standard InChI is InChI=1S/C67H45NO/c1-5-18-46(19-6-1)47-32-37-53(38-33-47)68(55-41-43-56(49-20-7-2-8-21-49)62(45-55)61-29-17-28-60-59-27-14-16-31-65(59)69-66(60)61)54-39-34-48(35-40-54)50-36-42-58-57-26-13-15-30-63(57)67(64(58)44-50,51-22-9-3-10-23-51)52-24-11-4-12-25-52/h1-45H. The molecular weight excluding hydrogens is 835 g/mol. The lowest BCUT2D eigenvalue weighted by molar-refractivity contribution is 0.670. The molecule has 0 aliphatic heterocycles. The fraction of sp³-hybridized carbons (Fsp3) is 0.0149. The molecule has 1 aliphatic rings. The predicted octanol–water partition coefficient (Wildman–Crippen LogP) is 18.1. The zero-order valence-corrected chi connectivity index (χ0v) is 37.8. The molecule has 2 nitrogen and oxygen atoms in total. The van der Waals surface area contributed by atoms with Crippen LogP contribution >= 0.6 is 0 Å². The molecular formula is C67H45NO. The number of anilines is 3. The van der Waals surface area contributed by atoms with E-state index < -0.39 is 5.41 Å². The molecule has 11 aromatic carbocycles. The predicted molar refractivity (Wildman–Crippen MR) is 287 cm³/mol. The van der Waals surface area contributed by atoms with E-state index in [0.29, 0.717) is 0 Å². The molecule has 0 amide bonds.